The number of alkyl halides is 3. The number of nitrogens with one attached hydrogen (secondary N) is 2. The molecule has 0 bridgehead atoms. The highest BCUT2D eigenvalue weighted by molar-refractivity contribution is 6.00. The first-order valence-electron chi connectivity index (χ1n) is 16.9. The quantitative estimate of drug-likeness (QED) is 0.338. The van der Waals surface area contributed by atoms with Gasteiger partial charge >= 0.3 is 6.18 Å². The number of likely N-dealkylation sites (tertiary alicyclic amines) is 1. The number of hydrogen-bond donors (Lipinski definition) is 2. The molecule has 260 valence electrons. The first kappa shape index (κ1) is 33.0. The van der Waals surface area contributed by atoms with E-state index in [4.69, 9.17) is 4.74 Å². The minimum atomic E-state index is -4.58. The van der Waals surface area contributed by atoms with Crippen LogP contribution in [-0.2, 0) is 28.7 Å². The van der Waals surface area contributed by atoms with Crippen molar-refractivity contribution < 1.29 is 27.5 Å². The Morgan fingerprint density at radius 3 is 2.53 bits per heavy atom. The molecular weight excluding hydrogens is 639 g/mol. The minimum absolute atomic E-state index is 0.209. The van der Waals surface area contributed by atoms with Gasteiger partial charge in [0, 0.05) is 76.5 Å². The molecule has 7 heterocycles. The molecule has 3 fully saturated rings. The first-order valence-corrected chi connectivity index (χ1v) is 16.9. The summed E-state index contributed by atoms with van der Waals surface area (Å²) in [4.78, 5) is 48.0. The largest absolute Gasteiger partial charge is 0.481 e. The second-order valence-corrected chi connectivity index (χ2v) is 13.3. The number of hydrogen-bond acceptors (Lipinski definition) is 11. The predicted molar refractivity (Wildman–Crippen MR) is 175 cm³/mol. The predicted octanol–water partition coefficient (Wildman–Crippen LogP) is 3.78. The van der Waals surface area contributed by atoms with Crippen LogP contribution >= 0.6 is 0 Å². The lowest BCUT2D eigenvalue weighted by molar-refractivity contribution is -0.139. The second kappa shape index (κ2) is 13.8. The topological polar surface area (TPSA) is 129 Å². The molecule has 12 nitrogen and oxygen atoms in total. The van der Waals surface area contributed by atoms with Crippen LogP contribution in [0.4, 0.5) is 30.5 Å². The number of piperidine rings is 2. The lowest BCUT2D eigenvalue weighted by Gasteiger charge is -2.34. The fraction of sp³-hybridized carbons (Fsp3) is 0.529. The van der Waals surface area contributed by atoms with Crippen LogP contribution in [-0.4, -0.2) is 89.1 Å². The van der Waals surface area contributed by atoms with E-state index < -0.39 is 17.6 Å². The number of rotatable bonds is 8. The summed E-state index contributed by atoms with van der Waals surface area (Å²) in [6.07, 6.45) is 4.74. The third-order valence-corrected chi connectivity index (χ3v) is 10.2. The van der Waals surface area contributed by atoms with Crippen molar-refractivity contribution in [1.29, 1.82) is 0 Å². The molecule has 3 saturated heterocycles. The smallest absolute Gasteiger partial charge is 0.421 e. The minimum Gasteiger partial charge on any atom is -0.481 e. The fourth-order valence-corrected chi connectivity index (χ4v) is 7.49. The Morgan fingerprint density at radius 2 is 1.80 bits per heavy atom. The number of fused-ring (bicyclic) bond motifs is 1. The zero-order valence-electron chi connectivity index (χ0n) is 27.4. The Bertz CT molecular complexity index is 1680. The van der Waals surface area contributed by atoms with Crippen LogP contribution in [0, 0.1) is 5.92 Å². The van der Waals surface area contributed by atoms with Gasteiger partial charge < -0.3 is 24.8 Å². The number of ether oxygens (including phenoxy) is 1. The van der Waals surface area contributed by atoms with Crippen LogP contribution in [0.5, 0.6) is 5.88 Å². The van der Waals surface area contributed by atoms with Crippen LogP contribution in [0.25, 0.3) is 0 Å². The summed E-state index contributed by atoms with van der Waals surface area (Å²) >= 11 is 0. The Kier molecular flexibility index (Phi) is 9.27. The van der Waals surface area contributed by atoms with Crippen molar-refractivity contribution in [2.45, 2.75) is 63.2 Å². The standard InChI is InChI=1S/C34H40F3N9O3/c1-49-33-27(34(35,36)37)14-24(16-39-33)46-13-9-28-26(19-46)31(41-20-40-28)42-23-8-10-44(18-23)17-21-6-11-45(12-7-21)29-4-2-22(15-38-29)25-3-5-30(47)43-32(25)48/h2,4,14-16,20-21,23,25H,3,5-13,17-19H2,1H3,(H,40,41,42)(H,43,47,48)/t23-,25?/m0/s1. The number of amides is 2. The van der Waals surface area contributed by atoms with E-state index >= 15 is 0 Å². The maximum absolute atomic E-state index is 13.7. The molecule has 2 N–H and O–H groups in total. The lowest BCUT2D eigenvalue weighted by Crippen LogP contribution is -2.40. The number of nitrogens with zero attached hydrogens (tertiary/aromatic N) is 7. The Balaban J connectivity index is 0.912. The van der Waals surface area contributed by atoms with Crippen LogP contribution in [0.3, 0.4) is 0 Å². The molecule has 2 atom stereocenters. The van der Waals surface area contributed by atoms with Gasteiger partial charge in [-0.1, -0.05) is 6.07 Å². The van der Waals surface area contributed by atoms with Crippen molar-refractivity contribution in [3.05, 3.63) is 59.3 Å². The SMILES string of the molecule is COc1ncc(N2CCc3ncnc(N[C@H]4CCN(CC5CCN(c6ccc(C7CCC(=O)NC7=O)cn6)CC5)C4)c3C2)cc1C(F)(F)F. The number of imide groups is 1. The summed E-state index contributed by atoms with van der Waals surface area (Å²) < 4.78 is 45.9. The van der Waals surface area contributed by atoms with Gasteiger partial charge in [0.25, 0.3) is 0 Å². The average molecular weight is 680 g/mol. The maximum atomic E-state index is 13.7. The zero-order valence-corrected chi connectivity index (χ0v) is 27.4. The maximum Gasteiger partial charge on any atom is 0.421 e. The van der Waals surface area contributed by atoms with Gasteiger partial charge in [-0.05, 0) is 49.3 Å². The zero-order chi connectivity index (χ0) is 34.1. The van der Waals surface area contributed by atoms with Crippen molar-refractivity contribution in [1.82, 2.24) is 30.2 Å². The number of pyridine rings is 2. The van der Waals surface area contributed by atoms with Gasteiger partial charge in [-0.2, -0.15) is 13.2 Å². The molecule has 7 rings (SSSR count). The first-order chi connectivity index (χ1) is 23.6. The van der Waals surface area contributed by atoms with Crippen LogP contribution < -0.4 is 25.2 Å². The Hall–Kier alpha value is -4.53. The van der Waals surface area contributed by atoms with Crippen LogP contribution in [0.1, 0.15) is 60.4 Å². The van der Waals surface area contributed by atoms with Gasteiger partial charge in [-0.15, -0.1) is 0 Å². The van der Waals surface area contributed by atoms with E-state index in [1.54, 1.807) is 12.5 Å². The van der Waals surface area contributed by atoms with Gasteiger partial charge in [0.1, 0.15) is 23.5 Å². The summed E-state index contributed by atoms with van der Waals surface area (Å²) in [5, 5.41) is 6.05. The number of anilines is 3. The Labute approximate surface area is 282 Å². The number of carbonyl (C=O) groups excluding carboxylic acids is 2. The molecule has 0 aromatic carbocycles. The molecule has 3 aromatic rings. The van der Waals surface area contributed by atoms with E-state index in [0.29, 0.717) is 44.0 Å². The van der Waals surface area contributed by atoms with Gasteiger partial charge in [0.05, 0.1) is 30.6 Å². The van der Waals surface area contributed by atoms with Crippen LogP contribution in [0.15, 0.2) is 36.9 Å². The molecule has 0 aliphatic carbocycles. The highest BCUT2D eigenvalue weighted by atomic mass is 19.4. The molecule has 0 spiro atoms. The van der Waals surface area contributed by atoms with E-state index in [2.05, 4.69) is 40.4 Å². The molecule has 0 saturated carbocycles. The average Bonchev–Trinajstić information content (AvgIpc) is 3.54. The van der Waals surface area contributed by atoms with E-state index in [1.807, 2.05) is 17.0 Å². The number of halogens is 3. The van der Waals surface area contributed by atoms with E-state index in [-0.39, 0.29) is 23.8 Å². The highest BCUT2D eigenvalue weighted by Crippen LogP contribution is 2.38. The summed E-state index contributed by atoms with van der Waals surface area (Å²) in [6.45, 7) is 5.64. The third-order valence-electron chi connectivity index (χ3n) is 10.2. The molecule has 0 radical (unpaired) electrons. The molecule has 1 unspecified atom stereocenters. The highest BCUT2D eigenvalue weighted by Gasteiger charge is 2.37. The van der Waals surface area contributed by atoms with Gasteiger partial charge in [0.15, 0.2) is 0 Å². The molecule has 3 aromatic heterocycles. The number of carbonyl (C=O) groups is 2. The van der Waals surface area contributed by atoms with Crippen LogP contribution in [0.2, 0.25) is 0 Å². The second-order valence-electron chi connectivity index (χ2n) is 13.3. The monoisotopic (exact) mass is 679 g/mol. The molecule has 4 aliphatic heterocycles. The summed E-state index contributed by atoms with van der Waals surface area (Å²) in [6, 6.07) is 5.25. The van der Waals surface area contributed by atoms with Crippen molar-refractivity contribution in [3.63, 3.8) is 0 Å². The summed E-state index contributed by atoms with van der Waals surface area (Å²) in [5.41, 5.74) is 2.15. The number of methoxy groups -OCH3 is 1. The van der Waals surface area contributed by atoms with E-state index in [1.165, 1.54) is 13.3 Å². The number of aromatic nitrogens is 4. The molecule has 2 amide bonds. The van der Waals surface area contributed by atoms with Crippen molar-refractivity contribution in [2.75, 3.05) is 61.5 Å². The molecular formula is C34H40F3N9O3. The Morgan fingerprint density at radius 1 is 0.959 bits per heavy atom. The molecule has 4 aliphatic rings. The molecule has 49 heavy (non-hydrogen) atoms. The van der Waals surface area contributed by atoms with Crippen molar-refractivity contribution in [2.24, 2.45) is 5.92 Å². The summed E-state index contributed by atoms with van der Waals surface area (Å²) in [5.74, 6) is 1.00. The fourth-order valence-electron chi connectivity index (χ4n) is 7.49. The van der Waals surface area contributed by atoms with Crippen molar-refractivity contribution in [3.8, 4) is 5.88 Å². The summed E-state index contributed by atoms with van der Waals surface area (Å²) in [7, 11) is 1.18. The van der Waals surface area contributed by atoms with Gasteiger partial charge in [0.2, 0.25) is 17.7 Å². The third kappa shape index (κ3) is 7.26. The van der Waals surface area contributed by atoms with Crippen molar-refractivity contribution >= 4 is 29.1 Å². The molecule has 15 heteroatoms. The normalized spacial score (nSPS) is 22.2. The lowest BCUT2D eigenvalue weighted by atomic mass is 9.91. The van der Waals surface area contributed by atoms with E-state index in [9.17, 15) is 22.8 Å². The van der Waals surface area contributed by atoms with Gasteiger partial charge in [-0.3, -0.25) is 14.9 Å². The van der Waals surface area contributed by atoms with Gasteiger partial charge in [-0.25, -0.2) is 19.9 Å². The van der Waals surface area contributed by atoms with E-state index in [0.717, 1.165) is 86.5 Å².